The predicted molar refractivity (Wildman–Crippen MR) is 241 cm³/mol. The second kappa shape index (κ2) is 43.4. The minimum Gasteiger partial charge on any atom is -0.462 e. The minimum atomic E-state index is -0.799. The first-order valence-electron chi connectivity index (χ1n) is 23.2. The zero-order chi connectivity index (χ0) is 41.0. The van der Waals surface area contributed by atoms with E-state index in [9.17, 15) is 19.8 Å². The van der Waals surface area contributed by atoms with Crippen LogP contribution >= 0.6 is 0 Å². The number of allylic oxidation sites excluding steroid dienone is 12. The summed E-state index contributed by atoms with van der Waals surface area (Å²) in [6.07, 6.45) is 53.9. The van der Waals surface area contributed by atoms with Crippen LogP contribution in [-0.2, 0) is 14.3 Å². The van der Waals surface area contributed by atoms with Gasteiger partial charge in [-0.1, -0.05) is 190 Å². The molecule has 0 spiro atoms. The second-order valence-electron chi connectivity index (χ2n) is 15.5. The normalized spacial score (nSPS) is 14.0. The standard InChI is InChI=1S/C50H87NO5/c1-4-7-10-13-16-19-21-23-24-26-27-30-32-35-38-41-46(56-50(55)43-40-37-34-31-28-25-22-20-17-14-11-8-5-2)44-49(54)51-47(45-52)48(53)42-39-36-33-29-18-15-12-9-6-3/h8,11,14,16-17,19-20,22-25,28,46-48,52-53H,4-7,9-10,12-13,15,18,21,26-27,29-45H2,1-3H3,(H,51,54)/b11-8+,17-14+,19-16-,22-20-,24-23-,28-25-. The Hall–Kier alpha value is -2.70. The van der Waals surface area contributed by atoms with E-state index in [4.69, 9.17) is 4.74 Å². The van der Waals surface area contributed by atoms with E-state index >= 15 is 0 Å². The van der Waals surface area contributed by atoms with E-state index in [0.29, 0.717) is 19.3 Å². The van der Waals surface area contributed by atoms with Gasteiger partial charge in [0.05, 0.1) is 25.2 Å². The summed E-state index contributed by atoms with van der Waals surface area (Å²) in [6, 6.07) is -0.715. The SMILES string of the molecule is CC/C=C/C=C/C=C\C=C/CCCCCC(=O)OC(CCCCCCC/C=C\C/C=C\CCCCC)CC(=O)NC(CO)C(O)CCCCCCCCCCC. The third kappa shape index (κ3) is 38.2. The highest BCUT2D eigenvalue weighted by molar-refractivity contribution is 5.77. The van der Waals surface area contributed by atoms with Crippen molar-refractivity contribution in [2.24, 2.45) is 0 Å². The molecule has 3 atom stereocenters. The quantitative estimate of drug-likeness (QED) is 0.0249. The number of unbranched alkanes of at least 4 members (excludes halogenated alkanes) is 19. The average Bonchev–Trinajstić information content (AvgIpc) is 3.19. The summed E-state index contributed by atoms with van der Waals surface area (Å²) < 4.78 is 5.88. The highest BCUT2D eigenvalue weighted by atomic mass is 16.5. The Labute approximate surface area is 345 Å². The van der Waals surface area contributed by atoms with Gasteiger partial charge in [-0.25, -0.2) is 0 Å². The lowest BCUT2D eigenvalue weighted by atomic mass is 10.0. The summed E-state index contributed by atoms with van der Waals surface area (Å²) in [5.74, 6) is -0.541. The number of hydrogen-bond donors (Lipinski definition) is 3. The molecule has 6 heteroatoms. The smallest absolute Gasteiger partial charge is 0.306 e. The molecule has 0 aliphatic rings. The van der Waals surface area contributed by atoms with E-state index in [0.717, 1.165) is 89.9 Å². The Morgan fingerprint density at radius 2 is 1.04 bits per heavy atom. The van der Waals surface area contributed by atoms with E-state index in [1.54, 1.807) is 0 Å². The van der Waals surface area contributed by atoms with Gasteiger partial charge in [-0.05, 0) is 77.0 Å². The molecule has 0 aliphatic carbocycles. The maximum atomic E-state index is 13.1. The number of aliphatic hydroxyl groups excluding tert-OH is 2. The van der Waals surface area contributed by atoms with Crippen LogP contribution in [0.4, 0.5) is 0 Å². The number of carbonyl (C=O) groups is 2. The van der Waals surface area contributed by atoms with Gasteiger partial charge in [0, 0.05) is 6.42 Å². The largest absolute Gasteiger partial charge is 0.462 e. The van der Waals surface area contributed by atoms with Gasteiger partial charge in [-0.3, -0.25) is 9.59 Å². The Bertz CT molecular complexity index is 1060. The molecule has 0 saturated carbocycles. The number of hydrogen-bond acceptors (Lipinski definition) is 5. The first-order chi connectivity index (χ1) is 27.5. The Morgan fingerprint density at radius 3 is 1.64 bits per heavy atom. The number of rotatable bonds is 40. The molecule has 1 amide bonds. The summed E-state index contributed by atoms with van der Waals surface area (Å²) in [6.45, 7) is 6.27. The Kier molecular flexibility index (Phi) is 41.3. The summed E-state index contributed by atoms with van der Waals surface area (Å²) in [4.78, 5) is 26.0. The Morgan fingerprint density at radius 1 is 0.554 bits per heavy atom. The van der Waals surface area contributed by atoms with Crippen molar-refractivity contribution in [3.05, 3.63) is 72.9 Å². The molecule has 322 valence electrons. The van der Waals surface area contributed by atoms with E-state index in [1.165, 1.54) is 70.6 Å². The summed E-state index contributed by atoms with van der Waals surface area (Å²) in [5.41, 5.74) is 0. The molecule has 3 unspecified atom stereocenters. The van der Waals surface area contributed by atoms with E-state index in [-0.39, 0.29) is 24.9 Å². The van der Waals surface area contributed by atoms with Crippen LogP contribution in [-0.4, -0.2) is 46.9 Å². The van der Waals surface area contributed by atoms with Crippen molar-refractivity contribution in [2.75, 3.05) is 6.61 Å². The molecular formula is C50H87NO5. The van der Waals surface area contributed by atoms with Crippen molar-refractivity contribution >= 4 is 11.9 Å². The monoisotopic (exact) mass is 782 g/mol. The highest BCUT2D eigenvalue weighted by Crippen LogP contribution is 2.17. The predicted octanol–water partition coefficient (Wildman–Crippen LogP) is 13.4. The van der Waals surface area contributed by atoms with Gasteiger partial charge in [0.25, 0.3) is 0 Å². The maximum absolute atomic E-state index is 13.1. The van der Waals surface area contributed by atoms with Gasteiger partial charge in [0.2, 0.25) is 5.91 Å². The van der Waals surface area contributed by atoms with Crippen LogP contribution in [0.1, 0.15) is 207 Å². The van der Waals surface area contributed by atoms with Crippen molar-refractivity contribution in [3.63, 3.8) is 0 Å². The van der Waals surface area contributed by atoms with Crippen LogP contribution in [0.15, 0.2) is 72.9 Å². The number of esters is 1. The third-order valence-electron chi connectivity index (χ3n) is 10.1. The van der Waals surface area contributed by atoms with Crippen LogP contribution in [0.5, 0.6) is 0 Å². The fourth-order valence-electron chi connectivity index (χ4n) is 6.59. The molecule has 0 aromatic carbocycles. The molecule has 0 aromatic heterocycles. The van der Waals surface area contributed by atoms with Crippen LogP contribution < -0.4 is 5.32 Å². The third-order valence-corrected chi connectivity index (χ3v) is 10.1. The lowest BCUT2D eigenvalue weighted by molar-refractivity contribution is -0.151. The maximum Gasteiger partial charge on any atom is 0.306 e. The van der Waals surface area contributed by atoms with Gasteiger partial charge >= 0.3 is 5.97 Å². The van der Waals surface area contributed by atoms with Crippen molar-refractivity contribution in [1.29, 1.82) is 0 Å². The van der Waals surface area contributed by atoms with Gasteiger partial charge < -0.3 is 20.3 Å². The summed E-state index contributed by atoms with van der Waals surface area (Å²) in [5, 5.41) is 23.6. The number of nitrogens with one attached hydrogen (secondary N) is 1. The molecule has 0 aliphatic heterocycles. The topological polar surface area (TPSA) is 95.9 Å². The minimum absolute atomic E-state index is 0.0488. The van der Waals surface area contributed by atoms with Gasteiger partial charge in [0.15, 0.2) is 0 Å². The van der Waals surface area contributed by atoms with E-state index in [1.807, 2.05) is 30.4 Å². The van der Waals surface area contributed by atoms with Gasteiger partial charge in [0.1, 0.15) is 6.10 Å². The van der Waals surface area contributed by atoms with E-state index < -0.39 is 18.2 Å². The lowest BCUT2D eigenvalue weighted by Gasteiger charge is -2.24. The fourth-order valence-corrected chi connectivity index (χ4v) is 6.59. The van der Waals surface area contributed by atoms with Crippen LogP contribution in [0, 0.1) is 0 Å². The highest BCUT2D eigenvalue weighted by Gasteiger charge is 2.24. The molecule has 0 bridgehead atoms. The lowest BCUT2D eigenvalue weighted by Crippen LogP contribution is -2.46. The molecule has 0 saturated heterocycles. The molecule has 6 nitrogen and oxygen atoms in total. The van der Waals surface area contributed by atoms with Gasteiger partial charge in [-0.15, -0.1) is 0 Å². The fraction of sp³-hybridized carbons (Fsp3) is 0.720. The van der Waals surface area contributed by atoms with Crippen molar-refractivity contribution in [3.8, 4) is 0 Å². The average molecular weight is 782 g/mol. The zero-order valence-electron chi connectivity index (χ0n) is 36.5. The van der Waals surface area contributed by atoms with Crippen LogP contribution in [0.2, 0.25) is 0 Å². The van der Waals surface area contributed by atoms with E-state index in [2.05, 4.69) is 68.6 Å². The first-order valence-corrected chi connectivity index (χ1v) is 23.2. The van der Waals surface area contributed by atoms with Crippen LogP contribution in [0.25, 0.3) is 0 Å². The Balaban J connectivity index is 4.72. The molecule has 56 heavy (non-hydrogen) atoms. The molecule has 0 rings (SSSR count). The molecular weight excluding hydrogens is 695 g/mol. The number of aliphatic hydroxyl groups is 2. The van der Waals surface area contributed by atoms with Crippen molar-refractivity contribution < 1.29 is 24.5 Å². The van der Waals surface area contributed by atoms with Crippen LogP contribution in [0.3, 0.4) is 0 Å². The molecule has 0 heterocycles. The van der Waals surface area contributed by atoms with Gasteiger partial charge in [-0.2, -0.15) is 0 Å². The molecule has 3 N–H and O–H groups in total. The first kappa shape index (κ1) is 53.3. The molecule has 0 aromatic rings. The number of carbonyl (C=O) groups excluding carboxylic acids is 2. The zero-order valence-corrected chi connectivity index (χ0v) is 36.5. The number of ether oxygens (including phenoxy) is 1. The molecule has 0 fully saturated rings. The summed E-state index contributed by atoms with van der Waals surface area (Å²) >= 11 is 0. The van der Waals surface area contributed by atoms with Crippen molar-refractivity contribution in [2.45, 2.75) is 225 Å². The second-order valence-corrected chi connectivity index (χ2v) is 15.5. The summed E-state index contributed by atoms with van der Waals surface area (Å²) in [7, 11) is 0. The molecule has 0 radical (unpaired) electrons. The number of amides is 1. The van der Waals surface area contributed by atoms with Crippen molar-refractivity contribution in [1.82, 2.24) is 5.32 Å².